The molecule has 1 aromatic heterocycles. The highest BCUT2D eigenvalue weighted by atomic mass is 35.5. The summed E-state index contributed by atoms with van der Waals surface area (Å²) in [6.45, 7) is 2.54. The van der Waals surface area contributed by atoms with Gasteiger partial charge in [-0.1, -0.05) is 48.7 Å². The zero-order valence-electron chi connectivity index (χ0n) is 19.8. The number of aromatic amines is 1. The maximum atomic E-state index is 13.4. The third-order valence-electron chi connectivity index (χ3n) is 7.57. The molecular weight excluding hydrogens is 468 g/mol. The summed E-state index contributed by atoms with van der Waals surface area (Å²) in [5, 5.41) is 14.2. The fourth-order valence-electron chi connectivity index (χ4n) is 5.58. The van der Waals surface area contributed by atoms with Crippen LogP contribution < -0.4 is 10.1 Å². The van der Waals surface area contributed by atoms with Gasteiger partial charge in [0.05, 0.1) is 31.3 Å². The number of aromatic nitrogens is 1. The topological polar surface area (TPSA) is 101 Å². The first-order valence-corrected chi connectivity index (χ1v) is 12.3. The van der Waals surface area contributed by atoms with Crippen molar-refractivity contribution >= 4 is 34.4 Å². The van der Waals surface area contributed by atoms with Crippen LogP contribution in [-0.2, 0) is 15.1 Å². The fourth-order valence-corrected chi connectivity index (χ4v) is 5.96. The molecule has 1 atom stereocenters. The van der Waals surface area contributed by atoms with Crippen LogP contribution in [0.1, 0.15) is 58.8 Å². The van der Waals surface area contributed by atoms with Crippen LogP contribution in [0.2, 0.25) is 5.02 Å². The SMILES string of the molecule is COc1ccc2[nH]c(C(=O)NC3(c4ccc([C@H](C(=O)O)C5CCCC5)cc4)COC3)c(C)c2c1Cl. The number of ether oxygens (including phenoxy) is 2. The van der Waals surface area contributed by atoms with Gasteiger partial charge in [-0.15, -0.1) is 0 Å². The molecule has 0 bridgehead atoms. The van der Waals surface area contributed by atoms with Gasteiger partial charge in [-0.25, -0.2) is 0 Å². The number of hydrogen-bond donors (Lipinski definition) is 3. The third kappa shape index (κ3) is 4.06. The maximum absolute atomic E-state index is 13.4. The zero-order chi connectivity index (χ0) is 24.7. The second-order valence-electron chi connectivity index (χ2n) is 9.64. The number of benzene rings is 2. The van der Waals surface area contributed by atoms with Crippen molar-refractivity contribution in [2.24, 2.45) is 5.92 Å². The molecule has 3 aromatic rings. The lowest BCUT2D eigenvalue weighted by Gasteiger charge is -2.42. The van der Waals surface area contributed by atoms with Crippen LogP contribution in [0.25, 0.3) is 10.9 Å². The summed E-state index contributed by atoms with van der Waals surface area (Å²) in [5.41, 5.74) is 2.97. The number of hydrogen-bond acceptors (Lipinski definition) is 4. The van der Waals surface area contributed by atoms with Crippen molar-refractivity contribution in [2.75, 3.05) is 20.3 Å². The number of methoxy groups -OCH3 is 1. The Labute approximate surface area is 208 Å². The Kier molecular flexibility index (Phi) is 6.23. The van der Waals surface area contributed by atoms with Gasteiger partial charge in [0.2, 0.25) is 0 Å². The van der Waals surface area contributed by atoms with Crippen molar-refractivity contribution < 1.29 is 24.2 Å². The number of carboxylic acids is 1. The number of fused-ring (bicyclic) bond motifs is 1. The van der Waals surface area contributed by atoms with E-state index in [1.54, 1.807) is 13.2 Å². The minimum absolute atomic E-state index is 0.175. The lowest BCUT2D eigenvalue weighted by Crippen LogP contribution is -2.59. The molecule has 0 radical (unpaired) electrons. The van der Waals surface area contributed by atoms with Crippen molar-refractivity contribution in [1.29, 1.82) is 0 Å². The molecule has 1 saturated carbocycles. The largest absolute Gasteiger partial charge is 0.495 e. The summed E-state index contributed by atoms with van der Waals surface area (Å²) >= 11 is 6.50. The first-order chi connectivity index (χ1) is 16.8. The molecule has 2 aromatic carbocycles. The van der Waals surface area contributed by atoms with Crippen molar-refractivity contribution in [1.82, 2.24) is 10.3 Å². The van der Waals surface area contributed by atoms with Crippen LogP contribution in [0.3, 0.4) is 0 Å². The third-order valence-corrected chi connectivity index (χ3v) is 7.95. The quantitative estimate of drug-likeness (QED) is 0.420. The molecule has 1 saturated heterocycles. The highest BCUT2D eigenvalue weighted by molar-refractivity contribution is 6.37. The van der Waals surface area contributed by atoms with E-state index in [-0.39, 0.29) is 11.8 Å². The summed E-state index contributed by atoms with van der Waals surface area (Å²) in [6, 6.07) is 11.2. The first kappa shape index (κ1) is 23.7. The van der Waals surface area contributed by atoms with Crippen LogP contribution in [0.5, 0.6) is 5.75 Å². The molecule has 0 spiro atoms. The van der Waals surface area contributed by atoms with Crippen LogP contribution >= 0.6 is 11.6 Å². The Hall–Kier alpha value is -3.03. The summed E-state index contributed by atoms with van der Waals surface area (Å²) in [6.07, 6.45) is 4.08. The standard InChI is InChI=1S/C27H29ClN2O5/c1-15-21-19(11-12-20(34-2)23(21)28)29-24(15)25(31)30-27(13-35-14-27)18-9-7-17(8-10-18)22(26(32)33)16-5-3-4-6-16/h7-12,16,22,29H,3-6,13-14H2,1-2H3,(H,30,31)(H,32,33)/t22-/m1/s1. The van der Waals surface area contributed by atoms with Gasteiger partial charge in [0.15, 0.2) is 0 Å². The Balaban J connectivity index is 1.41. The van der Waals surface area contributed by atoms with Crippen LogP contribution in [0.4, 0.5) is 0 Å². The van der Waals surface area contributed by atoms with Crippen LogP contribution in [0.15, 0.2) is 36.4 Å². The number of H-pyrrole nitrogens is 1. The van der Waals surface area contributed by atoms with Crippen molar-refractivity contribution in [3.8, 4) is 5.75 Å². The number of aryl methyl sites for hydroxylation is 1. The second-order valence-corrected chi connectivity index (χ2v) is 10.0. The molecule has 2 fully saturated rings. The highest BCUT2D eigenvalue weighted by Gasteiger charge is 2.43. The summed E-state index contributed by atoms with van der Waals surface area (Å²) in [4.78, 5) is 28.6. The van der Waals surface area contributed by atoms with E-state index in [2.05, 4.69) is 10.3 Å². The molecule has 1 aliphatic heterocycles. The Morgan fingerprint density at radius 2 is 1.86 bits per heavy atom. The predicted molar refractivity (Wildman–Crippen MR) is 133 cm³/mol. The van der Waals surface area contributed by atoms with E-state index in [1.807, 2.05) is 37.3 Å². The minimum Gasteiger partial charge on any atom is -0.495 e. The highest BCUT2D eigenvalue weighted by Crippen LogP contribution is 2.39. The molecule has 1 amide bonds. The van der Waals surface area contributed by atoms with E-state index in [9.17, 15) is 14.7 Å². The summed E-state index contributed by atoms with van der Waals surface area (Å²) in [5.74, 6) is -0.797. The average Bonchev–Trinajstić information content (AvgIpc) is 3.45. The minimum atomic E-state index is -0.774. The molecule has 8 heteroatoms. The number of nitrogens with one attached hydrogen (secondary N) is 2. The van der Waals surface area contributed by atoms with Gasteiger partial charge in [-0.2, -0.15) is 0 Å². The zero-order valence-corrected chi connectivity index (χ0v) is 20.6. The molecule has 35 heavy (non-hydrogen) atoms. The number of carboxylic acid groups (broad SMARTS) is 1. The molecule has 0 unspecified atom stereocenters. The lowest BCUT2D eigenvalue weighted by atomic mass is 9.82. The van der Waals surface area contributed by atoms with E-state index < -0.39 is 17.4 Å². The van der Waals surface area contributed by atoms with Gasteiger partial charge < -0.3 is 24.9 Å². The van der Waals surface area contributed by atoms with E-state index in [0.717, 1.165) is 53.3 Å². The number of halogens is 1. The van der Waals surface area contributed by atoms with Gasteiger partial charge in [-0.3, -0.25) is 9.59 Å². The molecule has 3 N–H and O–H groups in total. The molecule has 7 nitrogen and oxygen atoms in total. The predicted octanol–water partition coefficient (Wildman–Crippen LogP) is 5.15. The Morgan fingerprint density at radius 1 is 1.17 bits per heavy atom. The van der Waals surface area contributed by atoms with E-state index in [4.69, 9.17) is 21.1 Å². The number of carbonyl (C=O) groups excluding carboxylic acids is 1. The van der Waals surface area contributed by atoms with E-state index in [1.165, 1.54) is 0 Å². The molecule has 184 valence electrons. The van der Waals surface area contributed by atoms with E-state index >= 15 is 0 Å². The number of carbonyl (C=O) groups is 2. The number of amides is 1. The molecule has 5 rings (SSSR count). The molecule has 2 aliphatic rings. The smallest absolute Gasteiger partial charge is 0.311 e. The summed E-state index contributed by atoms with van der Waals surface area (Å²) < 4.78 is 10.8. The maximum Gasteiger partial charge on any atom is 0.311 e. The molecule has 1 aliphatic carbocycles. The van der Waals surface area contributed by atoms with Crippen molar-refractivity contribution in [3.05, 3.63) is 63.8 Å². The van der Waals surface area contributed by atoms with Crippen LogP contribution in [0, 0.1) is 12.8 Å². The first-order valence-electron chi connectivity index (χ1n) is 11.9. The molecule has 2 heterocycles. The second kappa shape index (κ2) is 9.21. The fraction of sp³-hybridized carbons (Fsp3) is 0.407. The summed E-state index contributed by atoms with van der Waals surface area (Å²) in [7, 11) is 1.56. The van der Waals surface area contributed by atoms with Gasteiger partial charge in [0.25, 0.3) is 5.91 Å². The van der Waals surface area contributed by atoms with Crippen molar-refractivity contribution in [2.45, 2.75) is 44.1 Å². The number of rotatable bonds is 7. The lowest BCUT2D eigenvalue weighted by molar-refractivity contribution is -0.140. The van der Waals surface area contributed by atoms with Gasteiger partial charge in [0.1, 0.15) is 17.0 Å². The number of aliphatic carboxylic acids is 1. The van der Waals surface area contributed by atoms with E-state index in [0.29, 0.717) is 29.7 Å². The Bertz CT molecular complexity index is 1270. The Morgan fingerprint density at radius 3 is 2.43 bits per heavy atom. The monoisotopic (exact) mass is 496 g/mol. The molecular formula is C27H29ClN2O5. The van der Waals surface area contributed by atoms with Gasteiger partial charge in [-0.05, 0) is 54.5 Å². The van der Waals surface area contributed by atoms with Gasteiger partial charge >= 0.3 is 5.97 Å². The van der Waals surface area contributed by atoms with Crippen molar-refractivity contribution in [3.63, 3.8) is 0 Å². The van der Waals surface area contributed by atoms with Gasteiger partial charge in [0, 0.05) is 10.9 Å². The average molecular weight is 497 g/mol. The van der Waals surface area contributed by atoms with Crippen LogP contribution in [-0.4, -0.2) is 42.3 Å². The normalized spacial score (nSPS) is 18.3.